The number of amides is 1. The Labute approximate surface area is 142 Å². The highest BCUT2D eigenvalue weighted by Gasteiger charge is 2.18. The first kappa shape index (κ1) is 18.1. The van der Waals surface area contributed by atoms with Crippen molar-refractivity contribution in [3.63, 3.8) is 0 Å². The van der Waals surface area contributed by atoms with E-state index in [4.69, 9.17) is 10.3 Å². The molecule has 0 aliphatic heterocycles. The highest BCUT2D eigenvalue weighted by Crippen LogP contribution is 2.22. The molecular formula is C18H26N4O2. The van der Waals surface area contributed by atoms with Gasteiger partial charge in [-0.3, -0.25) is 4.79 Å². The number of nitrogens with one attached hydrogen (secondary N) is 1. The predicted molar refractivity (Wildman–Crippen MR) is 93.4 cm³/mol. The second-order valence-electron chi connectivity index (χ2n) is 7.38. The number of carbonyl (C=O) groups excluding carboxylic acids is 1. The summed E-state index contributed by atoms with van der Waals surface area (Å²) in [6.45, 7) is 9.43. The van der Waals surface area contributed by atoms with Crippen molar-refractivity contribution in [2.75, 3.05) is 13.1 Å². The van der Waals surface area contributed by atoms with Crippen molar-refractivity contribution < 1.29 is 9.32 Å². The molecule has 1 atom stereocenters. The van der Waals surface area contributed by atoms with Gasteiger partial charge in [0.15, 0.2) is 0 Å². The second-order valence-corrected chi connectivity index (χ2v) is 7.38. The van der Waals surface area contributed by atoms with Crippen LogP contribution in [0.3, 0.4) is 0 Å². The largest absolute Gasteiger partial charge is 0.352 e. The third-order valence-corrected chi connectivity index (χ3v) is 3.55. The minimum Gasteiger partial charge on any atom is -0.352 e. The molecule has 0 saturated carbocycles. The molecule has 0 saturated heterocycles. The monoisotopic (exact) mass is 330 g/mol. The lowest BCUT2D eigenvalue weighted by atomic mass is 9.92. The van der Waals surface area contributed by atoms with E-state index in [0.29, 0.717) is 36.8 Å². The molecule has 2 rings (SSSR count). The molecule has 0 aliphatic carbocycles. The molecule has 0 radical (unpaired) electrons. The molecule has 1 amide bonds. The molecule has 0 spiro atoms. The minimum atomic E-state index is -0.129. The minimum absolute atomic E-state index is 0.0746. The SMILES string of the molecule is CC(CN)CNC(=O)c1cccc(-c2noc(CC(C)(C)C)n2)c1. The fourth-order valence-electron chi connectivity index (χ4n) is 2.15. The Balaban J connectivity index is 2.11. The molecule has 6 nitrogen and oxygen atoms in total. The number of nitrogens with two attached hydrogens (primary N) is 1. The van der Waals surface area contributed by atoms with Crippen LogP contribution in [0.5, 0.6) is 0 Å². The molecule has 1 unspecified atom stereocenters. The lowest BCUT2D eigenvalue weighted by Gasteiger charge is -2.13. The normalized spacial score (nSPS) is 12.9. The van der Waals surface area contributed by atoms with Gasteiger partial charge in [0.05, 0.1) is 0 Å². The Hall–Kier alpha value is -2.21. The Kier molecular flexibility index (Phi) is 5.72. The Morgan fingerprint density at radius 3 is 2.79 bits per heavy atom. The van der Waals surface area contributed by atoms with E-state index in [1.165, 1.54) is 0 Å². The summed E-state index contributed by atoms with van der Waals surface area (Å²) in [5.74, 6) is 1.22. The zero-order valence-corrected chi connectivity index (χ0v) is 14.8. The van der Waals surface area contributed by atoms with Crippen molar-refractivity contribution >= 4 is 5.91 Å². The van der Waals surface area contributed by atoms with Gasteiger partial charge in [-0.25, -0.2) is 0 Å². The van der Waals surface area contributed by atoms with Gasteiger partial charge < -0.3 is 15.6 Å². The molecule has 0 fully saturated rings. The van der Waals surface area contributed by atoms with Gasteiger partial charge in [0.2, 0.25) is 11.7 Å². The summed E-state index contributed by atoms with van der Waals surface area (Å²) in [4.78, 5) is 16.7. The molecule has 24 heavy (non-hydrogen) atoms. The van der Waals surface area contributed by atoms with Crippen LogP contribution in [0.1, 0.15) is 43.9 Å². The van der Waals surface area contributed by atoms with E-state index in [9.17, 15) is 4.79 Å². The average Bonchev–Trinajstić information content (AvgIpc) is 2.98. The molecule has 3 N–H and O–H groups in total. The number of hydrogen-bond acceptors (Lipinski definition) is 5. The van der Waals surface area contributed by atoms with Crippen LogP contribution in [0.2, 0.25) is 0 Å². The zero-order valence-electron chi connectivity index (χ0n) is 14.8. The number of rotatable bonds is 6. The summed E-state index contributed by atoms with van der Waals surface area (Å²) >= 11 is 0. The van der Waals surface area contributed by atoms with Gasteiger partial charge in [0.1, 0.15) is 0 Å². The fraction of sp³-hybridized carbons (Fsp3) is 0.500. The van der Waals surface area contributed by atoms with Crippen LogP contribution in [-0.2, 0) is 6.42 Å². The van der Waals surface area contributed by atoms with Crippen molar-refractivity contribution in [3.8, 4) is 11.4 Å². The third kappa shape index (κ3) is 5.16. The summed E-state index contributed by atoms with van der Waals surface area (Å²) < 4.78 is 5.31. The molecular weight excluding hydrogens is 304 g/mol. The molecule has 1 aromatic heterocycles. The summed E-state index contributed by atoms with van der Waals surface area (Å²) in [6, 6.07) is 7.22. The first-order chi connectivity index (χ1) is 11.3. The van der Waals surface area contributed by atoms with Gasteiger partial charge in [-0.2, -0.15) is 4.98 Å². The fourth-order valence-corrected chi connectivity index (χ4v) is 2.15. The van der Waals surface area contributed by atoms with Crippen molar-refractivity contribution in [3.05, 3.63) is 35.7 Å². The van der Waals surface area contributed by atoms with E-state index in [1.54, 1.807) is 12.1 Å². The van der Waals surface area contributed by atoms with Gasteiger partial charge in [-0.15, -0.1) is 0 Å². The van der Waals surface area contributed by atoms with Crippen molar-refractivity contribution in [2.24, 2.45) is 17.1 Å². The maximum Gasteiger partial charge on any atom is 0.251 e. The predicted octanol–water partition coefficient (Wildman–Crippen LogP) is 2.65. The Morgan fingerprint density at radius 1 is 1.38 bits per heavy atom. The lowest BCUT2D eigenvalue weighted by Crippen LogP contribution is -2.31. The maximum absolute atomic E-state index is 12.2. The van der Waals surface area contributed by atoms with Crippen molar-refractivity contribution in [2.45, 2.75) is 34.1 Å². The van der Waals surface area contributed by atoms with Crippen LogP contribution in [-0.4, -0.2) is 29.1 Å². The van der Waals surface area contributed by atoms with Gasteiger partial charge >= 0.3 is 0 Å². The van der Waals surface area contributed by atoms with E-state index < -0.39 is 0 Å². The van der Waals surface area contributed by atoms with Gasteiger partial charge in [0.25, 0.3) is 5.91 Å². The molecule has 1 aromatic carbocycles. The number of hydrogen-bond donors (Lipinski definition) is 2. The Morgan fingerprint density at radius 2 is 2.12 bits per heavy atom. The first-order valence-corrected chi connectivity index (χ1v) is 8.20. The molecule has 1 heterocycles. The molecule has 0 bridgehead atoms. The van der Waals surface area contributed by atoms with E-state index in [0.717, 1.165) is 5.56 Å². The highest BCUT2D eigenvalue weighted by molar-refractivity contribution is 5.95. The quantitative estimate of drug-likeness (QED) is 0.849. The Bertz CT molecular complexity index is 688. The first-order valence-electron chi connectivity index (χ1n) is 8.20. The van der Waals surface area contributed by atoms with Gasteiger partial charge in [-0.05, 0) is 30.0 Å². The number of carbonyl (C=O) groups is 1. The maximum atomic E-state index is 12.2. The second kappa shape index (κ2) is 7.57. The van der Waals surface area contributed by atoms with Gasteiger partial charge in [0, 0.05) is 24.1 Å². The van der Waals surface area contributed by atoms with Crippen molar-refractivity contribution in [1.82, 2.24) is 15.5 Å². The number of nitrogens with zero attached hydrogens (tertiary/aromatic N) is 2. The summed E-state index contributed by atoms with van der Waals surface area (Å²) in [5, 5.41) is 6.91. The highest BCUT2D eigenvalue weighted by atomic mass is 16.5. The number of aromatic nitrogens is 2. The van der Waals surface area contributed by atoms with Crippen LogP contribution in [0, 0.1) is 11.3 Å². The molecule has 6 heteroatoms. The van der Waals surface area contributed by atoms with Crippen LogP contribution in [0.25, 0.3) is 11.4 Å². The van der Waals surface area contributed by atoms with Crippen LogP contribution < -0.4 is 11.1 Å². The average molecular weight is 330 g/mol. The standard InChI is InChI=1S/C18H26N4O2/c1-12(10-19)11-20-17(23)14-7-5-6-13(8-14)16-21-15(24-22-16)9-18(2,3)4/h5-8,12H,9-11,19H2,1-4H3,(H,20,23). The summed E-state index contributed by atoms with van der Waals surface area (Å²) in [7, 11) is 0. The van der Waals surface area contributed by atoms with E-state index in [1.807, 2.05) is 19.1 Å². The summed E-state index contributed by atoms with van der Waals surface area (Å²) in [6.07, 6.45) is 0.706. The van der Waals surface area contributed by atoms with E-state index >= 15 is 0 Å². The molecule has 0 aliphatic rings. The van der Waals surface area contributed by atoms with Gasteiger partial charge in [-0.1, -0.05) is 45.0 Å². The van der Waals surface area contributed by atoms with E-state index in [-0.39, 0.29) is 17.2 Å². The van der Waals surface area contributed by atoms with Crippen LogP contribution in [0.15, 0.2) is 28.8 Å². The van der Waals surface area contributed by atoms with Crippen LogP contribution in [0.4, 0.5) is 0 Å². The number of benzene rings is 1. The van der Waals surface area contributed by atoms with E-state index in [2.05, 4.69) is 36.2 Å². The molecule has 130 valence electrons. The van der Waals surface area contributed by atoms with Crippen LogP contribution >= 0.6 is 0 Å². The topological polar surface area (TPSA) is 94.0 Å². The lowest BCUT2D eigenvalue weighted by molar-refractivity contribution is 0.0948. The molecule has 2 aromatic rings. The summed E-state index contributed by atoms with van der Waals surface area (Å²) in [5.41, 5.74) is 6.97. The zero-order chi connectivity index (χ0) is 17.7. The van der Waals surface area contributed by atoms with Crippen molar-refractivity contribution in [1.29, 1.82) is 0 Å². The third-order valence-electron chi connectivity index (χ3n) is 3.55. The smallest absolute Gasteiger partial charge is 0.251 e.